The fraction of sp³-hybridized carbons (Fsp3) is 0.476. The summed E-state index contributed by atoms with van der Waals surface area (Å²) >= 11 is 0. The number of ketones is 1. The van der Waals surface area contributed by atoms with Gasteiger partial charge in [-0.1, -0.05) is 86.5 Å². The van der Waals surface area contributed by atoms with Gasteiger partial charge in [-0.3, -0.25) is 19.2 Å². The Morgan fingerprint density at radius 3 is 2.14 bits per heavy atom. The Labute approximate surface area is 297 Å². The van der Waals surface area contributed by atoms with E-state index < -0.39 is 5.41 Å². The summed E-state index contributed by atoms with van der Waals surface area (Å²) in [4.78, 5) is 52.9. The van der Waals surface area contributed by atoms with Gasteiger partial charge >= 0.3 is 5.97 Å². The molecule has 5 rings (SSSR count). The summed E-state index contributed by atoms with van der Waals surface area (Å²) in [5.41, 5.74) is 2.34. The lowest BCUT2D eigenvalue weighted by Crippen LogP contribution is -2.49. The summed E-state index contributed by atoms with van der Waals surface area (Å²) in [6, 6.07) is 25.1. The highest BCUT2D eigenvalue weighted by Crippen LogP contribution is 2.48. The molecule has 1 aliphatic carbocycles. The molecule has 8 heteroatoms. The first-order valence-corrected chi connectivity index (χ1v) is 18.0. The molecule has 1 aliphatic heterocycles. The van der Waals surface area contributed by atoms with Gasteiger partial charge in [-0.05, 0) is 88.6 Å². The summed E-state index contributed by atoms with van der Waals surface area (Å²) in [5, 5.41) is 3.11. The van der Waals surface area contributed by atoms with Crippen LogP contribution in [0.1, 0.15) is 119 Å². The Morgan fingerprint density at radius 1 is 0.860 bits per heavy atom. The number of fused-ring (bicyclic) bond motifs is 1. The largest absolute Gasteiger partial charge is 0.496 e. The fourth-order valence-electron chi connectivity index (χ4n) is 7.16. The third kappa shape index (κ3) is 9.40. The minimum Gasteiger partial charge on any atom is -0.496 e. The molecular formula is C42H54N2O6. The number of piperidine rings is 1. The number of hydrogen-bond acceptors (Lipinski definition) is 6. The van der Waals surface area contributed by atoms with E-state index in [0.717, 1.165) is 36.0 Å². The lowest BCUT2D eigenvalue weighted by atomic mass is 9.61. The Balaban J connectivity index is 0.000000402. The van der Waals surface area contributed by atoms with E-state index in [1.165, 1.54) is 0 Å². The van der Waals surface area contributed by atoms with Crippen molar-refractivity contribution in [2.75, 3.05) is 20.2 Å². The molecular weight excluding hydrogens is 628 g/mol. The van der Waals surface area contributed by atoms with Crippen molar-refractivity contribution in [3.8, 4) is 5.75 Å². The maximum atomic E-state index is 13.8. The van der Waals surface area contributed by atoms with Crippen LogP contribution >= 0.6 is 0 Å². The first kappa shape index (κ1) is 38.3. The van der Waals surface area contributed by atoms with Crippen molar-refractivity contribution in [2.24, 2.45) is 0 Å². The average Bonchev–Trinajstić information content (AvgIpc) is 3.11. The Morgan fingerprint density at radius 2 is 1.50 bits per heavy atom. The van der Waals surface area contributed by atoms with Gasteiger partial charge in [0, 0.05) is 25.6 Å². The molecule has 0 spiro atoms. The number of hydrogen-bond donors (Lipinski definition) is 1. The van der Waals surface area contributed by atoms with Crippen molar-refractivity contribution >= 4 is 23.6 Å². The zero-order valence-electron chi connectivity index (χ0n) is 30.6. The van der Waals surface area contributed by atoms with Crippen LogP contribution in [0, 0.1) is 0 Å². The van der Waals surface area contributed by atoms with E-state index >= 15 is 0 Å². The van der Waals surface area contributed by atoms with Crippen LogP contribution in [0.4, 0.5) is 0 Å². The normalized spacial score (nSPS) is 18.9. The molecule has 0 aromatic heterocycles. The maximum Gasteiger partial charge on any atom is 0.306 e. The third-order valence-corrected chi connectivity index (χ3v) is 9.67. The van der Waals surface area contributed by atoms with Crippen molar-refractivity contribution < 1.29 is 28.7 Å². The molecule has 0 bridgehead atoms. The molecule has 3 aromatic carbocycles. The van der Waals surface area contributed by atoms with Gasteiger partial charge < -0.3 is 19.7 Å². The molecule has 2 aliphatic rings. The van der Waals surface area contributed by atoms with Gasteiger partial charge in [-0.25, -0.2) is 0 Å². The minimum absolute atomic E-state index is 0.00134. The lowest BCUT2D eigenvalue weighted by Gasteiger charge is -2.42. The number of benzene rings is 3. The van der Waals surface area contributed by atoms with E-state index in [0.29, 0.717) is 56.5 Å². The van der Waals surface area contributed by atoms with Crippen molar-refractivity contribution in [3.63, 3.8) is 0 Å². The number of Topliss-reactive ketones (excluding diaryl/α,β-unsaturated/α-hetero) is 1. The van der Waals surface area contributed by atoms with Crippen molar-refractivity contribution in [3.05, 3.63) is 101 Å². The number of ether oxygens (including phenoxy) is 2. The van der Waals surface area contributed by atoms with Crippen LogP contribution in [0.2, 0.25) is 0 Å². The molecule has 8 nitrogen and oxygen atoms in total. The Bertz CT molecular complexity index is 1610. The first-order valence-electron chi connectivity index (χ1n) is 18.0. The Kier molecular flexibility index (Phi) is 13.4. The van der Waals surface area contributed by atoms with Gasteiger partial charge in [0.15, 0.2) is 0 Å². The number of para-hydroxylation sites is 1. The number of rotatable bonds is 10. The third-order valence-electron chi connectivity index (χ3n) is 9.67. The quantitative estimate of drug-likeness (QED) is 0.173. The van der Waals surface area contributed by atoms with Crippen LogP contribution < -0.4 is 10.1 Å². The summed E-state index contributed by atoms with van der Waals surface area (Å²) in [6.45, 7) is 10.6. The van der Waals surface area contributed by atoms with Crippen LogP contribution in [0.5, 0.6) is 5.75 Å². The fourth-order valence-corrected chi connectivity index (χ4v) is 7.16. The van der Waals surface area contributed by atoms with Crippen LogP contribution in [0.3, 0.4) is 0 Å². The number of methoxy groups -OCH3 is 1. The van der Waals surface area contributed by atoms with Gasteiger partial charge in [0.05, 0.1) is 24.0 Å². The zero-order valence-corrected chi connectivity index (χ0v) is 30.6. The standard InChI is InChI=1S/C32H34N2O4.C10H20O2/c1-22(35)32(23-10-4-3-5-11-23)19-16-26(25-12-6-8-14-28(25)32)31(37)34-20-17-24(18-21-34)33-30(36)27-13-7-9-15-29(27)38-2;1-5-6-7-8-9(11)12-10(2,3)4/h3-15,24,26H,16-21H2,1-2H3,(H,33,36);5-8H2,1-4H3/t26-,32+;/m0./s1. The second kappa shape index (κ2) is 17.5. The summed E-state index contributed by atoms with van der Waals surface area (Å²) in [6.07, 6.45) is 6.38. The molecule has 0 radical (unpaired) electrons. The highest BCUT2D eigenvalue weighted by atomic mass is 16.6. The summed E-state index contributed by atoms with van der Waals surface area (Å²) in [5.74, 6) is 0.254. The molecule has 1 heterocycles. The zero-order chi connectivity index (χ0) is 36.3. The van der Waals surface area contributed by atoms with E-state index in [2.05, 4.69) is 12.2 Å². The SMILES string of the molecule is CCCCCC(=O)OC(C)(C)C.COc1ccccc1C(=O)NC1CCN(C(=O)[C@H]2CC[C@@](C(C)=O)(c3ccccc3)c3ccccc32)CC1. The van der Waals surface area contributed by atoms with Crippen LogP contribution in [0.15, 0.2) is 78.9 Å². The highest BCUT2D eigenvalue weighted by molar-refractivity contribution is 5.97. The molecule has 0 saturated carbocycles. The average molecular weight is 683 g/mol. The van der Waals surface area contributed by atoms with Crippen molar-refractivity contribution in [1.82, 2.24) is 10.2 Å². The molecule has 50 heavy (non-hydrogen) atoms. The second-order valence-electron chi connectivity index (χ2n) is 14.3. The van der Waals surface area contributed by atoms with Crippen LogP contribution in [-0.2, 0) is 24.5 Å². The first-order chi connectivity index (χ1) is 23.9. The number of carbonyl (C=O) groups excluding carboxylic acids is 4. The van der Waals surface area contributed by atoms with Crippen LogP contribution in [0.25, 0.3) is 0 Å². The smallest absolute Gasteiger partial charge is 0.306 e. The van der Waals surface area contributed by atoms with E-state index in [4.69, 9.17) is 9.47 Å². The lowest BCUT2D eigenvalue weighted by molar-refractivity contribution is -0.155. The topological polar surface area (TPSA) is 102 Å². The maximum absolute atomic E-state index is 13.8. The molecule has 1 N–H and O–H groups in total. The number of carbonyl (C=O) groups is 4. The highest BCUT2D eigenvalue weighted by Gasteiger charge is 2.47. The molecule has 0 unspecified atom stereocenters. The minimum atomic E-state index is -0.732. The molecule has 268 valence electrons. The summed E-state index contributed by atoms with van der Waals surface area (Å²) in [7, 11) is 1.56. The van der Waals surface area contributed by atoms with E-state index in [9.17, 15) is 19.2 Å². The van der Waals surface area contributed by atoms with Crippen molar-refractivity contribution in [1.29, 1.82) is 0 Å². The second-order valence-corrected chi connectivity index (χ2v) is 14.3. The number of nitrogens with zero attached hydrogens (tertiary/aromatic N) is 1. The number of esters is 1. The summed E-state index contributed by atoms with van der Waals surface area (Å²) < 4.78 is 10.5. The van der Waals surface area contributed by atoms with Crippen LogP contribution in [-0.4, -0.2) is 60.3 Å². The predicted molar refractivity (Wildman–Crippen MR) is 196 cm³/mol. The Hall–Kier alpha value is -4.46. The van der Waals surface area contributed by atoms with Crippen molar-refractivity contribution in [2.45, 2.75) is 109 Å². The van der Waals surface area contributed by atoms with E-state index in [1.807, 2.05) is 92.4 Å². The molecule has 2 atom stereocenters. The molecule has 2 amide bonds. The van der Waals surface area contributed by atoms with Gasteiger partial charge in [0.2, 0.25) is 5.91 Å². The number of likely N-dealkylation sites (tertiary alicyclic amines) is 1. The molecule has 1 fully saturated rings. The number of amides is 2. The van der Waals surface area contributed by atoms with Gasteiger partial charge in [-0.15, -0.1) is 0 Å². The van der Waals surface area contributed by atoms with Gasteiger partial charge in [0.1, 0.15) is 17.1 Å². The van der Waals surface area contributed by atoms with E-state index in [1.54, 1.807) is 26.2 Å². The van der Waals surface area contributed by atoms with E-state index in [-0.39, 0.29) is 41.1 Å². The number of nitrogens with one attached hydrogen (secondary N) is 1. The van der Waals surface area contributed by atoms with Gasteiger partial charge in [0.25, 0.3) is 5.91 Å². The van der Waals surface area contributed by atoms with Gasteiger partial charge in [-0.2, -0.15) is 0 Å². The molecule has 3 aromatic rings. The number of unbranched alkanes of at least 4 members (excludes halogenated alkanes) is 2. The molecule has 1 saturated heterocycles. The predicted octanol–water partition coefficient (Wildman–Crippen LogP) is 7.78. The monoisotopic (exact) mass is 682 g/mol.